The number of halogens is 3. The molecule has 7 nitrogen and oxygen atoms in total. The zero-order valence-electron chi connectivity index (χ0n) is 14.5. The van der Waals surface area contributed by atoms with E-state index in [4.69, 9.17) is 0 Å². The Morgan fingerprint density at radius 1 is 1.33 bits per heavy atom. The Balaban J connectivity index is 2.01. The molecule has 27 heavy (non-hydrogen) atoms. The lowest BCUT2D eigenvalue weighted by Gasteiger charge is -2.19. The standard InChI is InChI=1S/C17H16F3N5O2/c1-9-11(8-22-24-9)7-21-15(26)10(2)25-13-6-4-3-5-12(13)23-14(16(25)27)17(18,19)20/h3-6,8,10H,7H2,1-2H3,(H,21,26)(H,22,24). The van der Waals surface area contributed by atoms with Crippen molar-refractivity contribution in [3.8, 4) is 0 Å². The van der Waals surface area contributed by atoms with E-state index in [1.165, 1.54) is 31.3 Å². The maximum absolute atomic E-state index is 13.2. The van der Waals surface area contributed by atoms with Crippen LogP contribution >= 0.6 is 0 Å². The molecule has 0 saturated carbocycles. The van der Waals surface area contributed by atoms with Crippen LogP contribution in [0.5, 0.6) is 0 Å². The molecule has 1 aromatic carbocycles. The molecule has 1 unspecified atom stereocenters. The van der Waals surface area contributed by atoms with Crippen molar-refractivity contribution in [1.82, 2.24) is 25.1 Å². The van der Waals surface area contributed by atoms with E-state index in [-0.39, 0.29) is 17.6 Å². The van der Waals surface area contributed by atoms with Gasteiger partial charge >= 0.3 is 6.18 Å². The van der Waals surface area contributed by atoms with Gasteiger partial charge in [-0.15, -0.1) is 0 Å². The van der Waals surface area contributed by atoms with Crippen molar-refractivity contribution in [3.05, 3.63) is 57.8 Å². The summed E-state index contributed by atoms with van der Waals surface area (Å²) >= 11 is 0. The molecule has 3 aromatic rings. The number of aromatic nitrogens is 4. The zero-order chi connectivity index (χ0) is 19.8. The van der Waals surface area contributed by atoms with Crippen LogP contribution in [0.25, 0.3) is 11.0 Å². The minimum atomic E-state index is -4.92. The Morgan fingerprint density at radius 3 is 2.67 bits per heavy atom. The van der Waals surface area contributed by atoms with Gasteiger partial charge in [0.2, 0.25) is 11.6 Å². The van der Waals surface area contributed by atoms with Crippen LogP contribution in [0.3, 0.4) is 0 Å². The lowest BCUT2D eigenvalue weighted by Crippen LogP contribution is -2.38. The summed E-state index contributed by atoms with van der Waals surface area (Å²) in [6.07, 6.45) is -3.39. The Labute approximate surface area is 151 Å². The molecule has 0 radical (unpaired) electrons. The molecule has 2 aromatic heterocycles. The van der Waals surface area contributed by atoms with Crippen molar-refractivity contribution in [1.29, 1.82) is 0 Å². The van der Waals surface area contributed by atoms with Crippen LogP contribution in [0.1, 0.15) is 29.9 Å². The number of carbonyl (C=O) groups excluding carboxylic acids is 1. The fraction of sp³-hybridized carbons (Fsp3) is 0.294. The fourth-order valence-corrected chi connectivity index (χ4v) is 2.72. The van der Waals surface area contributed by atoms with E-state index in [9.17, 15) is 22.8 Å². The highest BCUT2D eigenvalue weighted by Crippen LogP contribution is 2.27. The van der Waals surface area contributed by atoms with Crippen LogP contribution in [0, 0.1) is 6.92 Å². The van der Waals surface area contributed by atoms with E-state index in [0.29, 0.717) is 0 Å². The second-order valence-electron chi connectivity index (χ2n) is 6.04. The van der Waals surface area contributed by atoms with E-state index >= 15 is 0 Å². The molecule has 1 amide bonds. The van der Waals surface area contributed by atoms with Gasteiger partial charge in [0, 0.05) is 17.8 Å². The first kappa shape index (κ1) is 18.6. The highest BCUT2D eigenvalue weighted by molar-refractivity contribution is 5.83. The summed E-state index contributed by atoms with van der Waals surface area (Å²) in [7, 11) is 0. The molecule has 0 spiro atoms. The van der Waals surface area contributed by atoms with Crippen molar-refractivity contribution in [2.75, 3.05) is 0 Å². The summed E-state index contributed by atoms with van der Waals surface area (Å²) in [5.41, 5.74) is -1.28. The largest absolute Gasteiger partial charge is 0.438 e. The van der Waals surface area contributed by atoms with Crippen LogP contribution in [0.15, 0.2) is 35.3 Å². The number of hydrogen-bond donors (Lipinski definition) is 2. The average Bonchev–Trinajstić information content (AvgIpc) is 3.02. The van der Waals surface area contributed by atoms with Gasteiger partial charge in [0.25, 0.3) is 5.56 Å². The number of carbonyl (C=O) groups is 1. The Morgan fingerprint density at radius 2 is 2.04 bits per heavy atom. The minimum Gasteiger partial charge on any atom is -0.350 e. The molecule has 0 bridgehead atoms. The number of H-pyrrole nitrogens is 1. The molecule has 10 heteroatoms. The summed E-state index contributed by atoms with van der Waals surface area (Å²) in [5, 5.41) is 9.17. The third kappa shape index (κ3) is 3.55. The zero-order valence-corrected chi connectivity index (χ0v) is 14.5. The van der Waals surface area contributed by atoms with E-state index in [1.54, 1.807) is 13.0 Å². The molecule has 0 aliphatic carbocycles. The first-order valence-electron chi connectivity index (χ1n) is 8.05. The number of benzene rings is 1. The molecule has 142 valence electrons. The number of alkyl halides is 3. The fourth-order valence-electron chi connectivity index (χ4n) is 2.72. The third-order valence-electron chi connectivity index (χ3n) is 4.22. The number of aromatic amines is 1. The van der Waals surface area contributed by atoms with Gasteiger partial charge in [-0.25, -0.2) is 4.98 Å². The monoisotopic (exact) mass is 379 g/mol. The van der Waals surface area contributed by atoms with Gasteiger partial charge < -0.3 is 5.32 Å². The molecular formula is C17H16F3N5O2. The third-order valence-corrected chi connectivity index (χ3v) is 4.22. The maximum atomic E-state index is 13.2. The lowest BCUT2D eigenvalue weighted by atomic mass is 10.2. The van der Waals surface area contributed by atoms with Crippen molar-refractivity contribution in [3.63, 3.8) is 0 Å². The van der Waals surface area contributed by atoms with Crippen LogP contribution < -0.4 is 10.9 Å². The molecule has 2 N–H and O–H groups in total. The topological polar surface area (TPSA) is 92.7 Å². The minimum absolute atomic E-state index is 0.0187. The highest BCUT2D eigenvalue weighted by Gasteiger charge is 2.38. The van der Waals surface area contributed by atoms with Gasteiger partial charge in [0.05, 0.1) is 17.2 Å². The maximum Gasteiger partial charge on any atom is 0.438 e. The summed E-state index contributed by atoms with van der Waals surface area (Å²) < 4.78 is 40.5. The number of aryl methyl sites for hydroxylation is 1. The van der Waals surface area contributed by atoms with Crippen LogP contribution in [0.2, 0.25) is 0 Å². The number of amides is 1. The Hall–Kier alpha value is -3.17. The molecule has 0 fully saturated rings. The Kier molecular flexibility index (Phi) is 4.73. The van der Waals surface area contributed by atoms with E-state index in [1.807, 2.05) is 0 Å². The molecule has 1 atom stereocenters. The number of nitrogens with one attached hydrogen (secondary N) is 2. The van der Waals surface area contributed by atoms with Crippen molar-refractivity contribution in [2.24, 2.45) is 0 Å². The van der Waals surface area contributed by atoms with Crippen LogP contribution in [-0.2, 0) is 17.5 Å². The van der Waals surface area contributed by atoms with Crippen LogP contribution in [0.4, 0.5) is 13.2 Å². The molecule has 0 aliphatic heterocycles. The van der Waals surface area contributed by atoms with Crippen molar-refractivity contribution in [2.45, 2.75) is 32.6 Å². The molecular weight excluding hydrogens is 363 g/mol. The summed E-state index contributed by atoms with van der Waals surface area (Å²) in [5.74, 6) is -0.595. The number of rotatable bonds is 4. The smallest absolute Gasteiger partial charge is 0.350 e. The van der Waals surface area contributed by atoms with Gasteiger partial charge in [-0.2, -0.15) is 18.3 Å². The molecule has 0 saturated heterocycles. The normalized spacial score (nSPS) is 12.9. The number of hydrogen-bond acceptors (Lipinski definition) is 4. The van der Waals surface area contributed by atoms with E-state index < -0.39 is 29.4 Å². The van der Waals surface area contributed by atoms with E-state index in [2.05, 4.69) is 20.5 Å². The summed E-state index contributed by atoms with van der Waals surface area (Å²) in [6, 6.07) is 4.72. The van der Waals surface area contributed by atoms with Crippen molar-refractivity contribution < 1.29 is 18.0 Å². The molecule has 0 aliphatic rings. The predicted molar refractivity (Wildman–Crippen MR) is 90.9 cm³/mol. The Bertz CT molecular complexity index is 1050. The van der Waals surface area contributed by atoms with E-state index in [0.717, 1.165) is 15.8 Å². The number of fused-ring (bicyclic) bond motifs is 1. The molecule has 3 rings (SSSR count). The van der Waals surface area contributed by atoms with Crippen LogP contribution in [-0.4, -0.2) is 25.7 Å². The average molecular weight is 379 g/mol. The summed E-state index contributed by atoms with van der Waals surface area (Å²) in [6.45, 7) is 3.27. The molecule has 2 heterocycles. The van der Waals surface area contributed by atoms with Gasteiger partial charge in [-0.05, 0) is 26.0 Å². The lowest BCUT2D eigenvalue weighted by molar-refractivity contribution is -0.142. The number of nitrogens with zero attached hydrogens (tertiary/aromatic N) is 3. The first-order chi connectivity index (χ1) is 12.7. The predicted octanol–water partition coefficient (Wildman–Crippen LogP) is 2.32. The second-order valence-corrected chi connectivity index (χ2v) is 6.04. The summed E-state index contributed by atoms with van der Waals surface area (Å²) in [4.78, 5) is 28.4. The number of para-hydroxylation sites is 2. The quantitative estimate of drug-likeness (QED) is 0.728. The van der Waals surface area contributed by atoms with Crippen molar-refractivity contribution >= 4 is 16.9 Å². The van der Waals surface area contributed by atoms with Gasteiger partial charge in [0.1, 0.15) is 6.04 Å². The first-order valence-corrected chi connectivity index (χ1v) is 8.05. The second kappa shape index (κ2) is 6.86. The van der Waals surface area contributed by atoms with Gasteiger partial charge in [0.15, 0.2) is 0 Å². The highest BCUT2D eigenvalue weighted by atomic mass is 19.4. The van der Waals surface area contributed by atoms with Gasteiger partial charge in [-0.3, -0.25) is 19.3 Å². The SMILES string of the molecule is Cc1[nH]ncc1CNC(=O)C(C)n1c(=O)c(C(F)(F)F)nc2ccccc21. The van der Waals surface area contributed by atoms with Gasteiger partial charge in [-0.1, -0.05) is 12.1 Å².